The summed E-state index contributed by atoms with van der Waals surface area (Å²) in [5.41, 5.74) is 0. The molecule has 0 aromatic rings. The molecule has 106 valence electrons. The highest BCUT2D eigenvalue weighted by atomic mass is 32.2. The van der Waals surface area contributed by atoms with Crippen molar-refractivity contribution < 1.29 is 17.9 Å². The summed E-state index contributed by atoms with van der Waals surface area (Å²) in [5.74, 6) is 0.115. The average Bonchev–Trinajstić information content (AvgIpc) is 2.36. The highest BCUT2D eigenvalue weighted by Crippen LogP contribution is 2.25. The molecule has 1 aliphatic rings. The van der Waals surface area contributed by atoms with Gasteiger partial charge in [0, 0.05) is 13.6 Å². The second kappa shape index (κ2) is 7.09. The maximum Gasteiger partial charge on any atom is 0.306 e. The number of rotatable bonds is 6. The molecule has 0 atom stereocenters. The minimum atomic E-state index is -3.24. The minimum Gasteiger partial charge on any atom is -0.469 e. The number of methoxy groups -OCH3 is 1. The van der Waals surface area contributed by atoms with Crippen LogP contribution in [0.5, 0.6) is 0 Å². The highest BCUT2D eigenvalue weighted by molar-refractivity contribution is 7.89. The Morgan fingerprint density at radius 3 is 2.44 bits per heavy atom. The average molecular weight is 277 g/mol. The first-order chi connectivity index (χ1) is 8.45. The quantitative estimate of drug-likeness (QED) is 0.688. The first kappa shape index (κ1) is 15.4. The summed E-state index contributed by atoms with van der Waals surface area (Å²) < 4.78 is 29.9. The van der Waals surface area contributed by atoms with Crippen molar-refractivity contribution in [3.8, 4) is 0 Å². The van der Waals surface area contributed by atoms with Crippen LogP contribution in [0.2, 0.25) is 0 Å². The summed E-state index contributed by atoms with van der Waals surface area (Å²) >= 11 is 0. The van der Waals surface area contributed by atoms with Gasteiger partial charge in [0.05, 0.1) is 19.3 Å². The van der Waals surface area contributed by atoms with E-state index >= 15 is 0 Å². The summed E-state index contributed by atoms with van der Waals surface area (Å²) in [7, 11) is -0.405. The van der Waals surface area contributed by atoms with Crippen LogP contribution in [0, 0.1) is 5.92 Å². The summed E-state index contributed by atoms with van der Waals surface area (Å²) in [5, 5.41) is 0. The zero-order valence-corrected chi connectivity index (χ0v) is 12.0. The number of ether oxygens (including phenoxy) is 1. The number of hydrogen-bond acceptors (Lipinski definition) is 4. The molecule has 1 aliphatic carbocycles. The summed E-state index contributed by atoms with van der Waals surface area (Å²) in [6.45, 7) is 0.196. The second-order valence-corrected chi connectivity index (χ2v) is 7.05. The van der Waals surface area contributed by atoms with E-state index in [1.165, 1.54) is 24.9 Å². The summed E-state index contributed by atoms with van der Waals surface area (Å²) in [6, 6.07) is 0. The molecule has 0 N–H and O–H groups in total. The van der Waals surface area contributed by atoms with Crippen molar-refractivity contribution in [1.82, 2.24) is 4.31 Å². The lowest BCUT2D eigenvalue weighted by Gasteiger charge is -2.24. The van der Waals surface area contributed by atoms with Gasteiger partial charge in [-0.25, -0.2) is 12.7 Å². The number of sulfonamides is 1. The van der Waals surface area contributed by atoms with Crippen LogP contribution in [-0.2, 0) is 19.6 Å². The van der Waals surface area contributed by atoms with Gasteiger partial charge in [-0.15, -0.1) is 0 Å². The van der Waals surface area contributed by atoms with Crippen LogP contribution in [0.3, 0.4) is 0 Å². The lowest BCUT2D eigenvalue weighted by Crippen LogP contribution is -2.34. The van der Waals surface area contributed by atoms with Gasteiger partial charge in [-0.2, -0.15) is 0 Å². The molecule has 1 saturated carbocycles. The van der Waals surface area contributed by atoms with E-state index < -0.39 is 10.0 Å². The Balaban J connectivity index is 2.43. The number of nitrogens with zero attached hydrogens (tertiary/aromatic N) is 1. The maximum atomic E-state index is 12.1. The fourth-order valence-electron chi connectivity index (χ4n) is 2.27. The van der Waals surface area contributed by atoms with Gasteiger partial charge >= 0.3 is 5.97 Å². The molecule has 0 saturated heterocycles. The Hall–Kier alpha value is -0.620. The Morgan fingerprint density at radius 2 is 1.89 bits per heavy atom. The molecule has 0 aliphatic heterocycles. The van der Waals surface area contributed by atoms with Crippen LogP contribution in [0.1, 0.15) is 38.5 Å². The zero-order chi connectivity index (χ0) is 13.6. The molecule has 0 amide bonds. The van der Waals surface area contributed by atoms with Gasteiger partial charge in [0.15, 0.2) is 0 Å². The Labute approximate surface area is 110 Å². The normalized spacial score (nSPS) is 17.9. The van der Waals surface area contributed by atoms with E-state index in [1.54, 1.807) is 0 Å². The van der Waals surface area contributed by atoms with E-state index in [0.717, 1.165) is 25.7 Å². The van der Waals surface area contributed by atoms with Crippen molar-refractivity contribution in [2.24, 2.45) is 5.92 Å². The summed E-state index contributed by atoms with van der Waals surface area (Å²) in [6.07, 6.45) is 5.60. The van der Waals surface area contributed by atoms with E-state index in [-0.39, 0.29) is 30.6 Å². The predicted octanol–water partition coefficient (Wildman–Crippen LogP) is 1.39. The van der Waals surface area contributed by atoms with Gasteiger partial charge < -0.3 is 4.74 Å². The smallest absolute Gasteiger partial charge is 0.306 e. The topological polar surface area (TPSA) is 63.7 Å². The highest BCUT2D eigenvalue weighted by Gasteiger charge is 2.25. The molecular weight excluding hydrogens is 254 g/mol. The van der Waals surface area contributed by atoms with Crippen molar-refractivity contribution in [1.29, 1.82) is 0 Å². The van der Waals surface area contributed by atoms with Crippen LogP contribution in [0.15, 0.2) is 0 Å². The van der Waals surface area contributed by atoms with Crippen LogP contribution < -0.4 is 0 Å². The third-order valence-corrected chi connectivity index (χ3v) is 5.53. The van der Waals surface area contributed by atoms with E-state index in [4.69, 9.17) is 0 Å². The largest absolute Gasteiger partial charge is 0.469 e. The van der Waals surface area contributed by atoms with Crippen LogP contribution in [0.4, 0.5) is 0 Å². The lowest BCUT2D eigenvalue weighted by atomic mass is 9.91. The van der Waals surface area contributed by atoms with E-state index in [0.29, 0.717) is 0 Å². The molecular formula is C12H23NO4S. The van der Waals surface area contributed by atoms with E-state index in [2.05, 4.69) is 4.74 Å². The summed E-state index contributed by atoms with van der Waals surface area (Å²) in [4.78, 5) is 11.0. The number of carbonyl (C=O) groups excluding carboxylic acids is 1. The van der Waals surface area contributed by atoms with Crippen LogP contribution in [0.25, 0.3) is 0 Å². The second-order valence-electron chi connectivity index (χ2n) is 4.93. The molecule has 0 bridgehead atoms. The molecule has 0 spiro atoms. The van der Waals surface area contributed by atoms with Crippen molar-refractivity contribution in [2.75, 3.05) is 26.5 Å². The van der Waals surface area contributed by atoms with Crippen molar-refractivity contribution >= 4 is 16.0 Å². The van der Waals surface area contributed by atoms with Gasteiger partial charge in [0.2, 0.25) is 10.0 Å². The molecule has 0 aromatic carbocycles. The first-order valence-corrected chi connectivity index (χ1v) is 8.07. The van der Waals surface area contributed by atoms with Gasteiger partial charge in [-0.1, -0.05) is 19.3 Å². The molecule has 18 heavy (non-hydrogen) atoms. The molecule has 5 nitrogen and oxygen atoms in total. The number of carbonyl (C=O) groups is 1. The maximum absolute atomic E-state index is 12.1. The monoisotopic (exact) mass is 277 g/mol. The third-order valence-electron chi connectivity index (χ3n) is 3.50. The van der Waals surface area contributed by atoms with Gasteiger partial charge in [0.25, 0.3) is 0 Å². The van der Waals surface area contributed by atoms with E-state index in [1.807, 2.05) is 0 Å². The predicted molar refractivity (Wildman–Crippen MR) is 69.6 cm³/mol. The molecule has 1 fully saturated rings. The molecule has 0 radical (unpaired) electrons. The standard InChI is InChI=1S/C12H23NO4S/c1-13(9-8-12(14)17-2)18(15,16)10-11-6-4-3-5-7-11/h11H,3-10H2,1-2H3. The van der Waals surface area contributed by atoms with E-state index in [9.17, 15) is 13.2 Å². The zero-order valence-electron chi connectivity index (χ0n) is 11.2. The first-order valence-electron chi connectivity index (χ1n) is 6.46. The molecule has 0 heterocycles. The molecule has 6 heteroatoms. The fraction of sp³-hybridized carbons (Fsp3) is 0.917. The molecule has 0 unspecified atom stereocenters. The van der Waals surface area contributed by atoms with Gasteiger partial charge in [-0.05, 0) is 18.8 Å². The number of esters is 1. The molecule has 1 rings (SSSR count). The van der Waals surface area contributed by atoms with Gasteiger partial charge in [0.1, 0.15) is 0 Å². The minimum absolute atomic E-state index is 0.108. The Kier molecular flexibility index (Phi) is 6.08. The lowest BCUT2D eigenvalue weighted by molar-refractivity contribution is -0.140. The van der Waals surface area contributed by atoms with Crippen molar-refractivity contribution in [2.45, 2.75) is 38.5 Å². The fourth-order valence-corrected chi connectivity index (χ4v) is 3.82. The Morgan fingerprint density at radius 1 is 1.28 bits per heavy atom. The number of hydrogen-bond donors (Lipinski definition) is 0. The third kappa shape index (κ3) is 4.94. The Bertz CT molecular complexity index is 360. The van der Waals surface area contributed by atoms with Crippen molar-refractivity contribution in [3.05, 3.63) is 0 Å². The SMILES string of the molecule is COC(=O)CCN(C)S(=O)(=O)CC1CCCCC1. The van der Waals surface area contributed by atoms with Gasteiger partial charge in [-0.3, -0.25) is 4.79 Å². The van der Waals surface area contributed by atoms with Crippen LogP contribution in [-0.4, -0.2) is 45.1 Å². The molecule has 0 aromatic heterocycles. The van der Waals surface area contributed by atoms with Crippen molar-refractivity contribution in [3.63, 3.8) is 0 Å². The van der Waals surface area contributed by atoms with Crippen LogP contribution >= 0.6 is 0 Å².